The van der Waals surface area contributed by atoms with Gasteiger partial charge >= 0.3 is 0 Å². The summed E-state index contributed by atoms with van der Waals surface area (Å²) in [4.78, 5) is 0. The molecule has 0 aliphatic heterocycles. The van der Waals surface area contributed by atoms with Crippen LogP contribution in [0.4, 0.5) is 0 Å². The number of nitrogens with zero attached hydrogens (tertiary/aromatic N) is 3. The van der Waals surface area contributed by atoms with E-state index >= 15 is 0 Å². The minimum atomic E-state index is 0.411. The van der Waals surface area contributed by atoms with Gasteiger partial charge in [0.05, 0.1) is 20.4 Å². The van der Waals surface area contributed by atoms with Crippen LogP contribution in [0, 0.1) is 11.7 Å². The van der Waals surface area contributed by atoms with Gasteiger partial charge in [0.15, 0.2) is 17.3 Å². The smallest absolute Gasteiger partial charge is 0.216 e. The van der Waals surface area contributed by atoms with Gasteiger partial charge in [0.1, 0.15) is 0 Å². The molecule has 1 N–H and O–H groups in total. The Kier molecular flexibility index (Phi) is 4.95. The quantitative estimate of drug-likeness (QED) is 0.559. The van der Waals surface area contributed by atoms with Crippen LogP contribution >= 0.6 is 12.2 Å². The summed E-state index contributed by atoms with van der Waals surface area (Å²) in [6, 6.07) is 13.6. The van der Waals surface area contributed by atoms with Gasteiger partial charge in [-0.3, -0.25) is 0 Å². The van der Waals surface area contributed by atoms with Crippen LogP contribution in [-0.4, -0.2) is 35.3 Å². The summed E-state index contributed by atoms with van der Waals surface area (Å²) in [5.41, 5.74) is 2.97. The Morgan fingerprint density at radius 2 is 1.92 bits per heavy atom. The van der Waals surface area contributed by atoms with Crippen molar-refractivity contribution in [2.75, 3.05) is 14.2 Å². The molecule has 0 fully saturated rings. The minimum Gasteiger partial charge on any atom is -0.493 e. The van der Waals surface area contributed by atoms with Crippen molar-refractivity contribution < 1.29 is 9.47 Å². The summed E-state index contributed by atoms with van der Waals surface area (Å²) < 4.78 is 12.6. The van der Waals surface area contributed by atoms with Crippen LogP contribution in [0.2, 0.25) is 0 Å². The number of hydrogen-bond acceptors (Lipinski definition) is 5. The summed E-state index contributed by atoms with van der Waals surface area (Å²) in [6.45, 7) is 2.04. The van der Waals surface area contributed by atoms with Gasteiger partial charge in [-0.15, -0.1) is 0 Å². The van der Waals surface area contributed by atoms with Crippen LogP contribution < -0.4 is 9.47 Å². The highest BCUT2D eigenvalue weighted by molar-refractivity contribution is 7.71. The zero-order valence-electron chi connectivity index (χ0n) is 14.2. The Morgan fingerprint density at radius 1 is 1.12 bits per heavy atom. The number of benzene rings is 2. The van der Waals surface area contributed by atoms with Crippen LogP contribution in [0.1, 0.15) is 11.1 Å². The van der Waals surface area contributed by atoms with Crippen molar-refractivity contribution in [1.82, 2.24) is 14.9 Å². The van der Waals surface area contributed by atoms with Gasteiger partial charge in [0.2, 0.25) is 4.77 Å². The number of aryl methyl sites for hydroxylation is 1. The van der Waals surface area contributed by atoms with Gasteiger partial charge in [-0.2, -0.15) is 14.9 Å². The van der Waals surface area contributed by atoms with Crippen molar-refractivity contribution in [2.45, 2.75) is 6.92 Å². The number of aromatic nitrogens is 3. The van der Waals surface area contributed by atoms with E-state index in [9.17, 15) is 0 Å². The third kappa shape index (κ3) is 3.61. The molecule has 0 atom stereocenters. The monoisotopic (exact) mass is 354 g/mol. The molecule has 0 saturated carbocycles. The predicted molar refractivity (Wildman–Crippen MR) is 100 cm³/mol. The number of aromatic amines is 1. The van der Waals surface area contributed by atoms with Crippen LogP contribution in [0.5, 0.6) is 11.5 Å². The molecule has 0 radical (unpaired) electrons. The maximum atomic E-state index is 5.35. The molecule has 0 aliphatic carbocycles. The fourth-order valence-corrected chi connectivity index (χ4v) is 2.62. The van der Waals surface area contributed by atoms with Crippen LogP contribution in [0.25, 0.3) is 11.4 Å². The lowest BCUT2D eigenvalue weighted by molar-refractivity contribution is 0.355. The highest BCUT2D eigenvalue weighted by Gasteiger charge is 2.12. The number of methoxy groups -OCH3 is 2. The lowest BCUT2D eigenvalue weighted by Gasteiger charge is -2.09. The molecule has 0 spiro atoms. The Labute approximate surface area is 150 Å². The predicted octanol–water partition coefficient (Wildman–Crippen LogP) is 3.82. The van der Waals surface area contributed by atoms with Crippen molar-refractivity contribution in [3.63, 3.8) is 0 Å². The van der Waals surface area contributed by atoms with Crippen molar-refractivity contribution in [3.8, 4) is 22.9 Å². The van der Waals surface area contributed by atoms with Crippen molar-refractivity contribution in [2.24, 2.45) is 5.10 Å². The van der Waals surface area contributed by atoms with Crippen LogP contribution in [-0.2, 0) is 0 Å². The van der Waals surface area contributed by atoms with Gasteiger partial charge < -0.3 is 9.47 Å². The number of ether oxygens (including phenoxy) is 2. The number of nitrogens with one attached hydrogen (secondary N) is 1. The lowest BCUT2D eigenvalue weighted by atomic mass is 10.2. The van der Waals surface area contributed by atoms with Gasteiger partial charge in [-0.05, 0) is 42.9 Å². The van der Waals surface area contributed by atoms with E-state index < -0.39 is 0 Å². The third-order valence-electron chi connectivity index (χ3n) is 3.66. The summed E-state index contributed by atoms with van der Waals surface area (Å²) in [7, 11) is 3.19. The number of H-pyrrole nitrogens is 1. The van der Waals surface area contributed by atoms with E-state index in [0.717, 1.165) is 11.1 Å². The largest absolute Gasteiger partial charge is 0.493 e. The first-order chi connectivity index (χ1) is 12.1. The topological polar surface area (TPSA) is 64.4 Å². The van der Waals surface area contributed by atoms with E-state index in [1.165, 1.54) is 5.56 Å². The Hall–Kier alpha value is -2.93. The molecule has 3 rings (SSSR count). The normalized spacial score (nSPS) is 11.0. The van der Waals surface area contributed by atoms with Crippen LogP contribution in [0.15, 0.2) is 47.6 Å². The average Bonchev–Trinajstić information content (AvgIpc) is 3.00. The van der Waals surface area contributed by atoms with E-state index in [1.807, 2.05) is 49.4 Å². The van der Waals surface area contributed by atoms with E-state index in [1.54, 1.807) is 25.1 Å². The molecule has 6 nitrogen and oxygen atoms in total. The average molecular weight is 354 g/mol. The van der Waals surface area contributed by atoms with Crippen molar-refractivity contribution in [1.29, 1.82) is 0 Å². The molecule has 3 aromatic rings. The Balaban J connectivity index is 2.01. The summed E-state index contributed by atoms with van der Waals surface area (Å²) in [5, 5.41) is 11.5. The maximum Gasteiger partial charge on any atom is 0.216 e. The SMILES string of the molecule is COc1ccc(-c2n[nH]c(=S)n2/N=C/c2cccc(C)c2)cc1OC. The second kappa shape index (κ2) is 7.31. The second-order valence-corrected chi connectivity index (χ2v) is 5.78. The molecule has 0 bridgehead atoms. The van der Waals surface area contributed by atoms with E-state index in [-0.39, 0.29) is 0 Å². The molecular weight excluding hydrogens is 336 g/mol. The molecule has 0 saturated heterocycles. The number of rotatable bonds is 5. The first-order valence-electron chi connectivity index (χ1n) is 7.63. The molecule has 1 aromatic heterocycles. The molecule has 1 heterocycles. The summed E-state index contributed by atoms with van der Waals surface area (Å²) in [6.07, 6.45) is 1.75. The lowest BCUT2D eigenvalue weighted by Crippen LogP contribution is -1.96. The zero-order chi connectivity index (χ0) is 17.8. The van der Waals surface area contributed by atoms with E-state index in [4.69, 9.17) is 21.7 Å². The second-order valence-electron chi connectivity index (χ2n) is 5.39. The van der Waals surface area contributed by atoms with Gasteiger partial charge in [-0.1, -0.05) is 29.8 Å². The van der Waals surface area contributed by atoms with E-state index in [2.05, 4.69) is 15.3 Å². The first kappa shape index (κ1) is 16.9. The van der Waals surface area contributed by atoms with Crippen LogP contribution in [0.3, 0.4) is 0 Å². The maximum absolute atomic E-state index is 5.35. The summed E-state index contributed by atoms with van der Waals surface area (Å²) >= 11 is 5.30. The minimum absolute atomic E-state index is 0.411. The van der Waals surface area contributed by atoms with Gasteiger partial charge in [0.25, 0.3) is 0 Å². The molecule has 0 amide bonds. The molecule has 0 unspecified atom stereocenters. The number of hydrogen-bond donors (Lipinski definition) is 1. The van der Waals surface area contributed by atoms with Gasteiger partial charge in [-0.25, -0.2) is 5.10 Å². The molecule has 25 heavy (non-hydrogen) atoms. The van der Waals surface area contributed by atoms with Crippen molar-refractivity contribution in [3.05, 3.63) is 58.4 Å². The zero-order valence-corrected chi connectivity index (χ0v) is 15.0. The fraction of sp³-hybridized carbons (Fsp3) is 0.167. The molecule has 2 aromatic carbocycles. The molecule has 128 valence electrons. The molecule has 0 aliphatic rings. The Morgan fingerprint density at radius 3 is 2.64 bits per heavy atom. The van der Waals surface area contributed by atoms with Gasteiger partial charge in [0, 0.05) is 5.56 Å². The standard InChI is InChI=1S/C18H18N4O2S/c1-12-5-4-6-13(9-12)11-19-22-17(20-21-18(22)25)14-7-8-15(23-2)16(10-14)24-3/h4-11H,1-3H3,(H,21,25)/b19-11+. The van der Waals surface area contributed by atoms with E-state index in [0.29, 0.717) is 22.1 Å². The highest BCUT2D eigenvalue weighted by Crippen LogP contribution is 2.31. The molecular formula is C18H18N4O2S. The summed E-state index contributed by atoms with van der Waals surface area (Å²) in [5.74, 6) is 1.85. The fourth-order valence-electron chi connectivity index (χ4n) is 2.44. The first-order valence-corrected chi connectivity index (χ1v) is 8.04. The molecule has 7 heteroatoms. The highest BCUT2D eigenvalue weighted by atomic mass is 32.1. The third-order valence-corrected chi connectivity index (χ3v) is 3.92. The Bertz CT molecular complexity index is 975. The van der Waals surface area contributed by atoms with Crippen molar-refractivity contribution >= 4 is 18.4 Å².